The van der Waals surface area contributed by atoms with Crippen molar-refractivity contribution in [2.75, 3.05) is 13.1 Å². The number of halogens is 3. The summed E-state index contributed by atoms with van der Waals surface area (Å²) in [6, 6.07) is 17.8. The molecule has 0 radical (unpaired) electrons. The van der Waals surface area contributed by atoms with Gasteiger partial charge in [0, 0.05) is 0 Å². The van der Waals surface area contributed by atoms with E-state index >= 15 is 0 Å². The number of carbonyl (C=O) groups is 1. The molecular formula is C25H23F3N2O5S. The second-order valence-corrected chi connectivity index (χ2v) is 10.5. The Morgan fingerprint density at radius 3 is 2.25 bits per heavy atom. The molecule has 0 bridgehead atoms. The lowest BCUT2D eigenvalue weighted by molar-refractivity contribution is -0.139. The van der Waals surface area contributed by atoms with Crippen molar-refractivity contribution in [3.8, 4) is 5.75 Å². The van der Waals surface area contributed by atoms with Gasteiger partial charge in [0.15, 0.2) is 5.60 Å². The van der Waals surface area contributed by atoms with Crippen LogP contribution in [0.15, 0.2) is 83.8 Å². The van der Waals surface area contributed by atoms with Crippen LogP contribution in [-0.2, 0) is 33.0 Å². The summed E-state index contributed by atoms with van der Waals surface area (Å²) in [6.07, 6.45) is -4.52. The summed E-state index contributed by atoms with van der Waals surface area (Å²) in [4.78, 5) is 11.0. The van der Waals surface area contributed by atoms with E-state index in [-0.39, 0.29) is 30.2 Å². The van der Waals surface area contributed by atoms with E-state index in [0.717, 1.165) is 12.1 Å². The summed E-state index contributed by atoms with van der Waals surface area (Å²) in [5.41, 5.74) is 4.80. The van der Waals surface area contributed by atoms with Gasteiger partial charge in [-0.05, 0) is 53.9 Å². The van der Waals surface area contributed by atoms with Gasteiger partial charge >= 0.3 is 12.1 Å². The molecule has 4 rings (SSSR count). The maximum Gasteiger partial charge on any atom is 0.416 e. The molecule has 1 aliphatic heterocycles. The molecule has 0 spiro atoms. The Kier molecular flexibility index (Phi) is 6.82. The van der Waals surface area contributed by atoms with Crippen LogP contribution in [0.25, 0.3) is 0 Å². The minimum absolute atomic E-state index is 0.0196. The number of aliphatic carboxylic acids is 1. The van der Waals surface area contributed by atoms with Gasteiger partial charge in [0.2, 0.25) is 10.0 Å². The van der Waals surface area contributed by atoms with Gasteiger partial charge in [-0.1, -0.05) is 42.5 Å². The summed E-state index contributed by atoms with van der Waals surface area (Å²) >= 11 is 0. The molecule has 0 saturated carbocycles. The van der Waals surface area contributed by atoms with Gasteiger partial charge in [0.05, 0.1) is 23.5 Å². The molecule has 3 aromatic rings. The Labute approximate surface area is 206 Å². The molecule has 1 saturated heterocycles. The number of hydrogen-bond donors (Lipinski definition) is 2. The largest absolute Gasteiger partial charge is 0.480 e. The number of sulfonamides is 1. The highest BCUT2D eigenvalue weighted by Crippen LogP contribution is 2.40. The molecule has 36 heavy (non-hydrogen) atoms. The van der Waals surface area contributed by atoms with Gasteiger partial charge < -0.3 is 15.6 Å². The van der Waals surface area contributed by atoms with Crippen LogP contribution in [0.4, 0.5) is 13.2 Å². The fourth-order valence-corrected chi connectivity index (χ4v) is 5.61. The molecule has 1 atom stereocenters. The molecule has 3 N–H and O–H groups in total. The van der Waals surface area contributed by atoms with Crippen molar-refractivity contribution < 1.29 is 36.2 Å². The Morgan fingerprint density at radius 2 is 1.67 bits per heavy atom. The minimum Gasteiger partial charge on any atom is -0.480 e. The van der Waals surface area contributed by atoms with Crippen LogP contribution < -0.4 is 10.5 Å². The van der Waals surface area contributed by atoms with E-state index in [9.17, 15) is 26.4 Å². The van der Waals surface area contributed by atoms with Gasteiger partial charge in [-0.2, -0.15) is 17.5 Å². The minimum atomic E-state index is -4.49. The number of ether oxygens (including phenoxy) is 1. The van der Waals surface area contributed by atoms with Gasteiger partial charge in [-0.15, -0.1) is 0 Å². The van der Waals surface area contributed by atoms with Crippen molar-refractivity contribution in [2.45, 2.75) is 29.1 Å². The van der Waals surface area contributed by atoms with Crippen LogP contribution in [0.2, 0.25) is 0 Å². The third-order valence-corrected chi connectivity index (χ3v) is 7.76. The first kappa shape index (κ1) is 25.7. The van der Waals surface area contributed by atoms with Crippen LogP contribution in [-0.4, -0.2) is 42.9 Å². The Hall–Kier alpha value is -3.41. The normalized spacial score (nSPS) is 16.7. The lowest BCUT2D eigenvalue weighted by Gasteiger charge is -2.48. The average Bonchev–Trinajstić information content (AvgIpc) is 2.81. The van der Waals surface area contributed by atoms with Crippen LogP contribution in [0.3, 0.4) is 0 Å². The fourth-order valence-electron chi connectivity index (χ4n) is 4.00. The van der Waals surface area contributed by atoms with Crippen LogP contribution >= 0.6 is 0 Å². The predicted molar refractivity (Wildman–Crippen MR) is 125 cm³/mol. The molecule has 7 nitrogen and oxygen atoms in total. The highest BCUT2D eigenvalue weighted by Gasteiger charge is 2.52. The number of carboxylic acid groups (broad SMARTS) is 1. The SMILES string of the molecule is N[C@@H](Cc1cccc(S(=O)(=O)N2CC(Oc3ccc(C(F)(F)F)cc3)(c3ccccc3)C2)c1)C(=O)O. The zero-order valence-electron chi connectivity index (χ0n) is 18.9. The molecule has 1 aliphatic rings. The second kappa shape index (κ2) is 9.57. The Bertz CT molecular complexity index is 1340. The Balaban J connectivity index is 1.58. The van der Waals surface area contributed by atoms with E-state index in [2.05, 4.69) is 0 Å². The predicted octanol–water partition coefficient (Wildman–Crippen LogP) is 3.64. The van der Waals surface area contributed by atoms with Crippen molar-refractivity contribution >= 4 is 16.0 Å². The molecule has 1 heterocycles. The summed E-state index contributed by atoms with van der Waals surface area (Å²) in [6.45, 7) is -0.140. The van der Waals surface area contributed by atoms with Crippen LogP contribution in [0.1, 0.15) is 16.7 Å². The zero-order valence-corrected chi connectivity index (χ0v) is 19.7. The maximum atomic E-state index is 13.3. The Morgan fingerprint density at radius 1 is 1.03 bits per heavy atom. The van der Waals surface area contributed by atoms with E-state index < -0.39 is 39.4 Å². The number of carboxylic acids is 1. The highest BCUT2D eigenvalue weighted by atomic mass is 32.2. The summed E-state index contributed by atoms with van der Waals surface area (Å²) in [7, 11) is -3.96. The quantitative estimate of drug-likeness (QED) is 0.469. The molecule has 0 unspecified atom stereocenters. The van der Waals surface area contributed by atoms with Gasteiger partial charge in [0.1, 0.15) is 11.8 Å². The number of rotatable bonds is 8. The van der Waals surface area contributed by atoms with E-state index in [1.807, 2.05) is 0 Å². The number of hydrogen-bond acceptors (Lipinski definition) is 5. The van der Waals surface area contributed by atoms with Crippen molar-refractivity contribution in [3.63, 3.8) is 0 Å². The first-order chi connectivity index (χ1) is 16.9. The maximum absolute atomic E-state index is 13.3. The molecule has 3 aromatic carbocycles. The first-order valence-corrected chi connectivity index (χ1v) is 12.3. The third-order valence-electron chi connectivity index (χ3n) is 5.97. The molecule has 11 heteroatoms. The number of nitrogens with zero attached hydrogens (tertiary/aromatic N) is 1. The molecule has 0 amide bonds. The monoisotopic (exact) mass is 520 g/mol. The molecule has 0 aromatic heterocycles. The average molecular weight is 521 g/mol. The topological polar surface area (TPSA) is 110 Å². The smallest absolute Gasteiger partial charge is 0.416 e. The van der Waals surface area contributed by atoms with Crippen molar-refractivity contribution in [3.05, 3.63) is 95.6 Å². The number of benzene rings is 3. The van der Waals surface area contributed by atoms with Crippen molar-refractivity contribution in [2.24, 2.45) is 5.73 Å². The molecular weight excluding hydrogens is 497 g/mol. The van der Waals surface area contributed by atoms with Crippen LogP contribution in [0.5, 0.6) is 5.75 Å². The van der Waals surface area contributed by atoms with Crippen molar-refractivity contribution in [1.82, 2.24) is 4.31 Å². The van der Waals surface area contributed by atoms with E-state index in [4.69, 9.17) is 15.6 Å². The van der Waals surface area contributed by atoms with Gasteiger partial charge in [0.25, 0.3) is 0 Å². The van der Waals surface area contributed by atoms with E-state index in [1.165, 1.54) is 34.6 Å². The molecule has 0 aliphatic carbocycles. The van der Waals surface area contributed by atoms with Crippen molar-refractivity contribution in [1.29, 1.82) is 0 Å². The van der Waals surface area contributed by atoms with Gasteiger partial charge in [-0.3, -0.25) is 4.79 Å². The lowest BCUT2D eigenvalue weighted by atomic mass is 9.87. The molecule has 190 valence electrons. The third kappa shape index (κ3) is 5.23. The molecule has 1 fully saturated rings. The first-order valence-electron chi connectivity index (χ1n) is 10.9. The summed E-state index contributed by atoms with van der Waals surface area (Å²) in [5.74, 6) is -1.02. The summed E-state index contributed by atoms with van der Waals surface area (Å²) in [5, 5.41) is 9.03. The van der Waals surface area contributed by atoms with E-state index in [0.29, 0.717) is 11.1 Å². The second-order valence-electron chi connectivity index (χ2n) is 8.55. The fraction of sp³-hybridized carbons (Fsp3) is 0.240. The van der Waals surface area contributed by atoms with E-state index in [1.54, 1.807) is 36.4 Å². The number of alkyl halides is 3. The lowest BCUT2D eigenvalue weighted by Crippen LogP contribution is -2.64. The number of nitrogens with two attached hydrogens (primary N) is 1. The van der Waals surface area contributed by atoms with Gasteiger partial charge in [-0.25, -0.2) is 8.42 Å². The zero-order chi connectivity index (χ0) is 26.1. The highest BCUT2D eigenvalue weighted by molar-refractivity contribution is 7.89. The van der Waals surface area contributed by atoms with Crippen LogP contribution in [0, 0.1) is 0 Å². The summed E-state index contributed by atoms with van der Waals surface area (Å²) < 4.78 is 72.7. The standard InChI is InChI=1S/C25H23F3N2O5S/c26-25(27,28)19-9-11-20(12-10-19)35-24(18-6-2-1-3-7-18)15-30(16-24)36(33,34)21-8-4-5-17(13-21)14-22(29)23(31)32/h1-13,22H,14-16,29H2,(H,31,32)/t22-/m0/s1.